The molecule has 0 radical (unpaired) electrons. The van der Waals surface area contributed by atoms with E-state index in [4.69, 9.17) is 4.74 Å². The second-order valence-electron chi connectivity index (χ2n) is 4.36. The summed E-state index contributed by atoms with van der Waals surface area (Å²) in [4.78, 5) is 12.2. The lowest BCUT2D eigenvalue weighted by Crippen LogP contribution is -2.24. The summed E-state index contributed by atoms with van der Waals surface area (Å²) in [5.74, 6) is -0.208. The van der Waals surface area contributed by atoms with E-state index in [-0.39, 0.29) is 12.1 Å². The van der Waals surface area contributed by atoms with Gasteiger partial charge in [-0.05, 0) is 30.8 Å². The fourth-order valence-electron chi connectivity index (χ4n) is 1.61. The van der Waals surface area contributed by atoms with E-state index in [1.54, 1.807) is 11.3 Å². The molecule has 1 aromatic heterocycles. The van der Waals surface area contributed by atoms with Crippen LogP contribution in [0.1, 0.15) is 44.6 Å². The molecule has 1 aromatic rings. The molecule has 0 aliphatic heterocycles. The largest absolute Gasteiger partial charge is 0.457 e. The van der Waals surface area contributed by atoms with Crippen LogP contribution >= 0.6 is 11.3 Å². The third kappa shape index (κ3) is 5.84. The fourth-order valence-corrected chi connectivity index (χ4v) is 2.40. The maximum absolute atomic E-state index is 11.1. The van der Waals surface area contributed by atoms with E-state index in [1.165, 1.54) is 6.92 Å². The summed E-state index contributed by atoms with van der Waals surface area (Å²) >= 11 is 1.64. The van der Waals surface area contributed by atoms with Gasteiger partial charge in [-0.1, -0.05) is 19.9 Å². The Morgan fingerprint density at radius 1 is 1.53 bits per heavy atom. The highest BCUT2D eigenvalue weighted by molar-refractivity contribution is 7.10. The topological polar surface area (TPSA) is 38.3 Å². The Kier molecular flexibility index (Phi) is 6.22. The van der Waals surface area contributed by atoms with Crippen molar-refractivity contribution in [1.29, 1.82) is 0 Å². The highest BCUT2D eigenvalue weighted by Gasteiger charge is 2.15. The maximum Gasteiger partial charge on any atom is 0.303 e. The molecular weight excluding hydrogens is 234 g/mol. The smallest absolute Gasteiger partial charge is 0.303 e. The zero-order chi connectivity index (χ0) is 12.7. The summed E-state index contributed by atoms with van der Waals surface area (Å²) < 4.78 is 5.35. The first kappa shape index (κ1) is 14.2. The van der Waals surface area contributed by atoms with Crippen LogP contribution in [-0.2, 0) is 9.53 Å². The van der Waals surface area contributed by atoms with Crippen molar-refractivity contribution in [1.82, 2.24) is 5.32 Å². The van der Waals surface area contributed by atoms with E-state index < -0.39 is 0 Å². The lowest BCUT2D eigenvalue weighted by atomic mass is 10.1. The van der Waals surface area contributed by atoms with Gasteiger partial charge in [0.1, 0.15) is 6.10 Å². The second-order valence-corrected chi connectivity index (χ2v) is 5.34. The van der Waals surface area contributed by atoms with E-state index in [2.05, 4.69) is 19.2 Å². The Morgan fingerprint density at radius 2 is 2.29 bits per heavy atom. The summed E-state index contributed by atoms with van der Waals surface area (Å²) in [6.45, 7) is 6.68. The molecule has 0 saturated carbocycles. The van der Waals surface area contributed by atoms with E-state index in [1.807, 2.05) is 17.5 Å². The van der Waals surface area contributed by atoms with Crippen LogP contribution in [0.2, 0.25) is 0 Å². The average Bonchev–Trinajstić information content (AvgIpc) is 2.74. The lowest BCUT2D eigenvalue weighted by Gasteiger charge is -2.16. The number of thiophene rings is 1. The van der Waals surface area contributed by atoms with Gasteiger partial charge in [-0.15, -0.1) is 11.3 Å². The van der Waals surface area contributed by atoms with Crippen molar-refractivity contribution in [3.05, 3.63) is 22.4 Å². The normalized spacial score (nSPS) is 12.7. The van der Waals surface area contributed by atoms with Gasteiger partial charge in [0.05, 0.1) is 0 Å². The van der Waals surface area contributed by atoms with Gasteiger partial charge in [-0.25, -0.2) is 0 Å². The molecule has 0 aliphatic carbocycles. The van der Waals surface area contributed by atoms with E-state index in [0.717, 1.165) is 24.3 Å². The van der Waals surface area contributed by atoms with Crippen LogP contribution in [-0.4, -0.2) is 18.6 Å². The average molecular weight is 255 g/mol. The minimum Gasteiger partial charge on any atom is -0.457 e. The molecule has 1 N–H and O–H groups in total. The van der Waals surface area contributed by atoms with Gasteiger partial charge >= 0.3 is 5.97 Å². The summed E-state index contributed by atoms with van der Waals surface area (Å²) in [6, 6.07) is 4.51. The van der Waals surface area contributed by atoms with Gasteiger partial charge < -0.3 is 10.1 Å². The molecule has 0 aromatic carbocycles. The molecule has 0 bridgehead atoms. The molecule has 4 heteroatoms. The summed E-state index contributed by atoms with van der Waals surface area (Å²) in [7, 11) is 0. The summed E-state index contributed by atoms with van der Waals surface area (Å²) in [6.07, 6.45) is 1.80. The minimum absolute atomic E-state index is 0.0820. The number of hydrogen-bond donors (Lipinski definition) is 1. The molecule has 1 atom stereocenters. The molecule has 96 valence electrons. The maximum atomic E-state index is 11.1. The van der Waals surface area contributed by atoms with Gasteiger partial charge in [0.15, 0.2) is 0 Å². The summed E-state index contributed by atoms with van der Waals surface area (Å²) in [5.41, 5.74) is 0. The number of ether oxygens (including phenoxy) is 1. The quantitative estimate of drug-likeness (QED) is 0.601. The summed E-state index contributed by atoms with van der Waals surface area (Å²) in [5, 5.41) is 5.37. The van der Waals surface area contributed by atoms with Crippen molar-refractivity contribution in [2.45, 2.75) is 45.8 Å². The number of carbonyl (C=O) groups excluding carboxylic acids is 1. The van der Waals surface area contributed by atoms with Crippen molar-refractivity contribution in [3.8, 4) is 0 Å². The van der Waals surface area contributed by atoms with Crippen LogP contribution in [0.4, 0.5) is 0 Å². The molecule has 17 heavy (non-hydrogen) atoms. The third-order valence-corrected chi connectivity index (χ3v) is 3.33. The first-order valence-electron chi connectivity index (χ1n) is 6.03. The molecule has 0 amide bonds. The molecule has 0 unspecified atom stereocenters. The SMILES string of the molecule is CC(=O)O[C@@H](CCCNC(C)C)c1cccs1. The monoisotopic (exact) mass is 255 g/mol. The third-order valence-electron chi connectivity index (χ3n) is 2.36. The Bertz CT molecular complexity index is 322. The van der Waals surface area contributed by atoms with Gasteiger partial charge in [-0.2, -0.15) is 0 Å². The number of carbonyl (C=O) groups is 1. The first-order valence-corrected chi connectivity index (χ1v) is 6.91. The molecule has 0 saturated heterocycles. The highest BCUT2D eigenvalue weighted by Crippen LogP contribution is 2.26. The van der Waals surface area contributed by atoms with Crippen LogP contribution in [0, 0.1) is 0 Å². The number of hydrogen-bond acceptors (Lipinski definition) is 4. The lowest BCUT2D eigenvalue weighted by molar-refractivity contribution is -0.146. The number of rotatable bonds is 7. The molecule has 1 rings (SSSR count). The second kappa shape index (κ2) is 7.45. The van der Waals surface area contributed by atoms with Gasteiger partial charge in [0.2, 0.25) is 0 Å². The van der Waals surface area contributed by atoms with Crippen molar-refractivity contribution in [2.24, 2.45) is 0 Å². The van der Waals surface area contributed by atoms with Crippen LogP contribution in [0.25, 0.3) is 0 Å². The van der Waals surface area contributed by atoms with Gasteiger partial charge in [0, 0.05) is 17.8 Å². The van der Waals surface area contributed by atoms with E-state index in [9.17, 15) is 4.79 Å². The predicted octanol–water partition coefficient (Wildman–Crippen LogP) is 3.13. The van der Waals surface area contributed by atoms with Crippen LogP contribution < -0.4 is 5.32 Å². The van der Waals surface area contributed by atoms with E-state index >= 15 is 0 Å². The van der Waals surface area contributed by atoms with Crippen molar-refractivity contribution < 1.29 is 9.53 Å². The molecule has 0 aliphatic rings. The Hall–Kier alpha value is -0.870. The molecular formula is C13H21NO2S. The van der Waals surface area contributed by atoms with Crippen LogP contribution in [0.15, 0.2) is 17.5 Å². The highest BCUT2D eigenvalue weighted by atomic mass is 32.1. The Morgan fingerprint density at radius 3 is 2.82 bits per heavy atom. The van der Waals surface area contributed by atoms with Crippen molar-refractivity contribution in [2.75, 3.05) is 6.54 Å². The van der Waals surface area contributed by atoms with Crippen molar-refractivity contribution in [3.63, 3.8) is 0 Å². The molecule has 1 heterocycles. The minimum atomic E-state index is -0.208. The Balaban J connectivity index is 2.39. The van der Waals surface area contributed by atoms with Gasteiger partial charge in [0.25, 0.3) is 0 Å². The Labute approximate surface area is 107 Å². The van der Waals surface area contributed by atoms with Crippen LogP contribution in [0.5, 0.6) is 0 Å². The molecule has 0 spiro atoms. The predicted molar refractivity (Wildman–Crippen MR) is 71.2 cm³/mol. The van der Waals surface area contributed by atoms with Gasteiger partial charge in [-0.3, -0.25) is 4.79 Å². The number of esters is 1. The zero-order valence-corrected chi connectivity index (χ0v) is 11.5. The van der Waals surface area contributed by atoms with Crippen molar-refractivity contribution >= 4 is 17.3 Å². The number of nitrogens with one attached hydrogen (secondary N) is 1. The molecule has 3 nitrogen and oxygen atoms in total. The fraction of sp³-hybridized carbons (Fsp3) is 0.615. The van der Waals surface area contributed by atoms with Crippen LogP contribution in [0.3, 0.4) is 0 Å². The zero-order valence-electron chi connectivity index (χ0n) is 10.7. The first-order chi connectivity index (χ1) is 8.09. The standard InChI is InChI=1S/C13H21NO2S/c1-10(2)14-8-4-6-12(16-11(3)15)13-7-5-9-17-13/h5,7,9-10,12,14H,4,6,8H2,1-3H3/t12-/m0/s1. The molecule has 0 fully saturated rings. The van der Waals surface area contributed by atoms with E-state index in [0.29, 0.717) is 6.04 Å².